The fourth-order valence-electron chi connectivity index (χ4n) is 3.47. The van der Waals surface area contributed by atoms with E-state index in [2.05, 4.69) is 15.0 Å². The maximum atomic E-state index is 12.8. The second kappa shape index (κ2) is 7.64. The highest BCUT2D eigenvalue weighted by Crippen LogP contribution is 2.25. The molecule has 1 aliphatic carbocycles. The molecule has 3 aromatic rings. The van der Waals surface area contributed by atoms with Crippen LogP contribution in [0, 0.1) is 6.92 Å². The highest BCUT2D eigenvalue weighted by molar-refractivity contribution is 7.92. The van der Waals surface area contributed by atoms with Gasteiger partial charge in [0, 0.05) is 5.69 Å². The van der Waals surface area contributed by atoms with E-state index in [4.69, 9.17) is 0 Å². The predicted octanol–water partition coefficient (Wildman–Crippen LogP) is 4.81. The maximum Gasteiger partial charge on any atom is 0.261 e. The molecule has 0 amide bonds. The van der Waals surface area contributed by atoms with Gasteiger partial charge in [-0.25, -0.2) is 13.4 Å². The number of sulfonamides is 1. The molecule has 0 bridgehead atoms. The van der Waals surface area contributed by atoms with E-state index in [0.29, 0.717) is 16.4 Å². The molecule has 4 rings (SSSR count). The van der Waals surface area contributed by atoms with Crippen LogP contribution in [0.25, 0.3) is 0 Å². The van der Waals surface area contributed by atoms with Crippen LogP contribution in [-0.2, 0) is 22.9 Å². The van der Waals surface area contributed by atoms with Crippen LogP contribution in [0.5, 0.6) is 0 Å². The Morgan fingerprint density at radius 2 is 1.71 bits per heavy atom. The van der Waals surface area contributed by atoms with Crippen molar-refractivity contribution in [2.45, 2.75) is 37.5 Å². The summed E-state index contributed by atoms with van der Waals surface area (Å²) in [7, 11) is -3.64. The summed E-state index contributed by atoms with van der Waals surface area (Å²) in [6, 6.07) is 16.8. The molecule has 0 atom stereocenters. The number of para-hydroxylation sites is 1. The molecule has 1 aromatic heterocycles. The van der Waals surface area contributed by atoms with Gasteiger partial charge in [-0.3, -0.25) is 4.72 Å². The Morgan fingerprint density at radius 1 is 0.929 bits per heavy atom. The van der Waals surface area contributed by atoms with E-state index < -0.39 is 10.0 Å². The molecule has 6 heteroatoms. The van der Waals surface area contributed by atoms with Gasteiger partial charge in [0.2, 0.25) is 0 Å². The van der Waals surface area contributed by atoms with Gasteiger partial charge in [0.05, 0.1) is 16.8 Å². The van der Waals surface area contributed by atoms with Gasteiger partial charge >= 0.3 is 0 Å². The number of rotatable bonds is 5. The number of anilines is 3. The van der Waals surface area contributed by atoms with E-state index in [1.807, 2.05) is 37.3 Å². The van der Waals surface area contributed by atoms with Crippen LogP contribution < -0.4 is 10.0 Å². The molecule has 0 spiro atoms. The summed E-state index contributed by atoms with van der Waals surface area (Å²) in [5, 5.41) is 3.24. The largest absolute Gasteiger partial charge is 0.340 e. The average molecular weight is 394 g/mol. The number of hydrogen-bond acceptors (Lipinski definition) is 4. The van der Waals surface area contributed by atoms with Crippen molar-refractivity contribution in [3.05, 3.63) is 77.5 Å². The Kier molecular flexibility index (Phi) is 5.05. The highest BCUT2D eigenvalue weighted by Gasteiger charge is 2.18. The van der Waals surface area contributed by atoms with Crippen molar-refractivity contribution >= 4 is 27.2 Å². The molecule has 5 nitrogen and oxygen atoms in total. The van der Waals surface area contributed by atoms with E-state index in [1.165, 1.54) is 18.2 Å². The molecule has 1 heterocycles. The van der Waals surface area contributed by atoms with E-state index in [0.717, 1.165) is 36.1 Å². The third-order valence-electron chi connectivity index (χ3n) is 5.05. The fraction of sp³-hybridized carbons (Fsp3) is 0.227. The van der Waals surface area contributed by atoms with Crippen molar-refractivity contribution in [2.24, 2.45) is 0 Å². The first-order valence-corrected chi connectivity index (χ1v) is 10.9. The van der Waals surface area contributed by atoms with Gasteiger partial charge in [-0.05, 0) is 79.6 Å². The number of aromatic nitrogens is 1. The standard InChI is InChI=1S/C22H23N3O2S/c1-16-6-2-5-9-21(16)24-22-13-11-19(15-23-22)25-28(26,27)20-12-10-17-7-3-4-8-18(17)14-20/h2,5-6,9-15,25H,3-4,7-8H2,1H3,(H,23,24). The number of nitrogens with one attached hydrogen (secondary N) is 2. The van der Waals surface area contributed by atoms with Gasteiger partial charge in [0.15, 0.2) is 0 Å². The summed E-state index contributed by atoms with van der Waals surface area (Å²) in [6.45, 7) is 2.02. The topological polar surface area (TPSA) is 71.1 Å². The third-order valence-corrected chi connectivity index (χ3v) is 6.43. The molecule has 0 radical (unpaired) electrons. The Morgan fingerprint density at radius 3 is 2.46 bits per heavy atom. The number of pyridine rings is 1. The first kappa shape index (κ1) is 18.5. The van der Waals surface area contributed by atoms with Crippen LogP contribution in [0.2, 0.25) is 0 Å². The summed E-state index contributed by atoms with van der Waals surface area (Å²) in [5.74, 6) is 0.658. The van der Waals surface area contributed by atoms with Crippen molar-refractivity contribution in [1.82, 2.24) is 4.98 Å². The maximum absolute atomic E-state index is 12.8. The number of nitrogens with zero attached hydrogens (tertiary/aromatic N) is 1. The minimum absolute atomic E-state index is 0.301. The second-order valence-electron chi connectivity index (χ2n) is 7.12. The van der Waals surface area contributed by atoms with Gasteiger partial charge in [-0.15, -0.1) is 0 Å². The fourth-order valence-corrected chi connectivity index (χ4v) is 4.56. The predicted molar refractivity (Wildman–Crippen MR) is 113 cm³/mol. The van der Waals surface area contributed by atoms with Crippen LogP contribution in [0.1, 0.15) is 29.5 Å². The van der Waals surface area contributed by atoms with E-state index in [1.54, 1.807) is 24.3 Å². The molecule has 2 N–H and O–H groups in total. The lowest BCUT2D eigenvalue weighted by Gasteiger charge is -2.17. The van der Waals surface area contributed by atoms with Crippen molar-refractivity contribution in [3.8, 4) is 0 Å². The quantitative estimate of drug-likeness (QED) is 0.652. The van der Waals surface area contributed by atoms with Gasteiger partial charge in [-0.1, -0.05) is 24.3 Å². The Balaban J connectivity index is 1.50. The minimum atomic E-state index is -3.64. The Hall–Kier alpha value is -2.86. The molecule has 0 unspecified atom stereocenters. The Bertz CT molecular complexity index is 1090. The van der Waals surface area contributed by atoms with Crippen LogP contribution in [-0.4, -0.2) is 13.4 Å². The lowest BCUT2D eigenvalue weighted by Crippen LogP contribution is -2.14. The first-order valence-electron chi connectivity index (χ1n) is 9.45. The summed E-state index contributed by atoms with van der Waals surface area (Å²) in [4.78, 5) is 4.63. The average Bonchev–Trinajstić information content (AvgIpc) is 2.70. The lowest BCUT2D eigenvalue weighted by atomic mass is 9.92. The summed E-state index contributed by atoms with van der Waals surface area (Å²) in [5.41, 5.74) is 4.93. The highest BCUT2D eigenvalue weighted by atomic mass is 32.2. The Labute approximate surface area is 165 Å². The van der Waals surface area contributed by atoms with Crippen molar-refractivity contribution in [3.63, 3.8) is 0 Å². The normalized spacial score (nSPS) is 13.6. The van der Waals surface area contributed by atoms with E-state index >= 15 is 0 Å². The molecule has 0 fully saturated rings. The first-order chi connectivity index (χ1) is 13.5. The molecule has 0 aliphatic heterocycles. The van der Waals surface area contributed by atoms with E-state index in [9.17, 15) is 8.42 Å². The molecular weight excluding hydrogens is 370 g/mol. The zero-order chi connectivity index (χ0) is 19.6. The molecule has 144 valence electrons. The minimum Gasteiger partial charge on any atom is -0.340 e. The molecule has 28 heavy (non-hydrogen) atoms. The van der Waals surface area contributed by atoms with E-state index in [-0.39, 0.29) is 0 Å². The lowest BCUT2D eigenvalue weighted by molar-refractivity contribution is 0.600. The van der Waals surface area contributed by atoms with Crippen LogP contribution >= 0.6 is 0 Å². The number of hydrogen-bond donors (Lipinski definition) is 2. The summed E-state index contributed by atoms with van der Waals surface area (Å²) >= 11 is 0. The molecule has 0 saturated heterocycles. The third kappa shape index (κ3) is 4.02. The zero-order valence-corrected chi connectivity index (χ0v) is 16.6. The van der Waals surface area contributed by atoms with Crippen LogP contribution in [0.3, 0.4) is 0 Å². The second-order valence-corrected chi connectivity index (χ2v) is 8.80. The molecule has 2 aromatic carbocycles. The van der Waals surface area contributed by atoms with Crippen LogP contribution in [0.15, 0.2) is 65.7 Å². The number of fused-ring (bicyclic) bond motifs is 1. The van der Waals surface area contributed by atoms with Gasteiger partial charge in [0.1, 0.15) is 5.82 Å². The van der Waals surface area contributed by atoms with Gasteiger partial charge < -0.3 is 5.32 Å². The monoisotopic (exact) mass is 393 g/mol. The summed E-state index contributed by atoms with van der Waals surface area (Å²) < 4.78 is 28.1. The van der Waals surface area contributed by atoms with Crippen molar-refractivity contribution in [2.75, 3.05) is 10.0 Å². The van der Waals surface area contributed by atoms with Crippen molar-refractivity contribution < 1.29 is 8.42 Å². The summed E-state index contributed by atoms with van der Waals surface area (Å²) in [6.07, 6.45) is 5.79. The molecule has 1 aliphatic rings. The van der Waals surface area contributed by atoms with Crippen molar-refractivity contribution in [1.29, 1.82) is 0 Å². The van der Waals surface area contributed by atoms with Gasteiger partial charge in [0.25, 0.3) is 10.0 Å². The molecular formula is C22H23N3O2S. The van der Waals surface area contributed by atoms with Crippen LogP contribution in [0.4, 0.5) is 17.2 Å². The number of aryl methyl sites for hydroxylation is 3. The molecule has 0 saturated carbocycles. The SMILES string of the molecule is Cc1ccccc1Nc1ccc(NS(=O)(=O)c2ccc3c(c2)CCCC3)cn1. The number of benzene rings is 2. The smallest absolute Gasteiger partial charge is 0.261 e. The zero-order valence-electron chi connectivity index (χ0n) is 15.8. The van der Waals surface area contributed by atoms with Gasteiger partial charge in [-0.2, -0.15) is 0 Å².